The van der Waals surface area contributed by atoms with E-state index in [0.717, 1.165) is 22.0 Å². The Morgan fingerprint density at radius 3 is 2.25 bits per heavy atom. The molecule has 2 aromatic heterocycles. The quantitative estimate of drug-likeness (QED) is 0.165. The van der Waals surface area contributed by atoms with Gasteiger partial charge in [0.25, 0.3) is 0 Å². The van der Waals surface area contributed by atoms with Crippen LogP contribution in [0.4, 0.5) is 11.6 Å². The molecule has 0 aliphatic heterocycles. The average Bonchev–Trinajstić information content (AvgIpc) is 3.31. The first-order chi connectivity index (χ1) is 17.6. The summed E-state index contributed by atoms with van der Waals surface area (Å²) < 4.78 is 0. The smallest absolute Gasteiger partial charge is 0.244 e. The van der Waals surface area contributed by atoms with Gasteiger partial charge in [0.2, 0.25) is 11.8 Å². The first kappa shape index (κ1) is 24.5. The van der Waals surface area contributed by atoms with E-state index < -0.39 is 0 Å². The van der Waals surface area contributed by atoms with Crippen LogP contribution < -0.4 is 21.3 Å². The van der Waals surface area contributed by atoms with E-state index in [9.17, 15) is 9.59 Å². The van der Waals surface area contributed by atoms with Crippen LogP contribution in [-0.2, 0) is 9.59 Å². The summed E-state index contributed by atoms with van der Waals surface area (Å²) in [6.45, 7) is 3.41. The number of anilines is 2. The molecule has 2 aromatic carbocycles. The summed E-state index contributed by atoms with van der Waals surface area (Å²) in [6, 6.07) is 19.5. The average molecular weight is 484 g/mol. The highest BCUT2D eigenvalue weighted by Crippen LogP contribution is 2.20. The van der Waals surface area contributed by atoms with Gasteiger partial charge in [-0.25, -0.2) is 9.97 Å². The van der Waals surface area contributed by atoms with Gasteiger partial charge in [0.1, 0.15) is 11.6 Å². The zero-order chi connectivity index (χ0) is 25.2. The van der Waals surface area contributed by atoms with Crippen LogP contribution in [0.5, 0.6) is 0 Å². The molecule has 0 saturated heterocycles. The second-order valence-electron chi connectivity index (χ2n) is 8.08. The van der Waals surface area contributed by atoms with Gasteiger partial charge in [0.05, 0.1) is 0 Å². The van der Waals surface area contributed by atoms with Crippen molar-refractivity contribution in [2.75, 3.05) is 36.8 Å². The Kier molecular flexibility index (Phi) is 8.27. The van der Waals surface area contributed by atoms with Crippen molar-refractivity contribution in [2.45, 2.75) is 6.92 Å². The molecule has 0 aliphatic rings. The molecule has 184 valence electrons. The van der Waals surface area contributed by atoms with Crippen LogP contribution in [0.15, 0.2) is 72.9 Å². The van der Waals surface area contributed by atoms with Crippen molar-refractivity contribution in [2.24, 2.45) is 0 Å². The number of aromatic amines is 1. The summed E-state index contributed by atoms with van der Waals surface area (Å²) in [6.07, 6.45) is 5.22. The largest absolute Gasteiger partial charge is 0.368 e. The standard InChI is InChI=1S/C27H29N7O2/c1-19(35)28-13-14-29-24-17-25(34-27(33-24)20-7-3-2-4-8-20)30-15-16-31-26(36)12-11-21-18-32-23-10-6-5-9-22(21)23/h2-12,17-18,32H,13-16H2,1H3,(H,28,35)(H,31,36)(H2,29,30,33,34). The molecule has 0 unspecified atom stereocenters. The minimum absolute atomic E-state index is 0.0786. The predicted octanol–water partition coefficient (Wildman–Crippen LogP) is 3.41. The number of nitrogens with one attached hydrogen (secondary N) is 5. The summed E-state index contributed by atoms with van der Waals surface area (Å²) in [4.78, 5) is 35.8. The number of rotatable bonds is 11. The topological polar surface area (TPSA) is 124 Å². The molecule has 0 radical (unpaired) electrons. The highest BCUT2D eigenvalue weighted by molar-refractivity contribution is 5.96. The third-order valence-corrected chi connectivity index (χ3v) is 5.33. The van der Waals surface area contributed by atoms with Crippen molar-refractivity contribution in [1.29, 1.82) is 0 Å². The fourth-order valence-corrected chi connectivity index (χ4v) is 3.61. The van der Waals surface area contributed by atoms with E-state index in [0.29, 0.717) is 43.6 Å². The molecule has 0 fully saturated rings. The third-order valence-electron chi connectivity index (χ3n) is 5.33. The van der Waals surface area contributed by atoms with Crippen molar-refractivity contribution < 1.29 is 9.59 Å². The van der Waals surface area contributed by atoms with E-state index in [4.69, 9.17) is 0 Å². The van der Waals surface area contributed by atoms with Gasteiger partial charge in [0.15, 0.2) is 5.82 Å². The number of carbonyl (C=O) groups excluding carboxylic acids is 2. The number of hydrogen-bond acceptors (Lipinski definition) is 6. The number of H-pyrrole nitrogens is 1. The number of para-hydroxylation sites is 1. The molecule has 4 aromatic rings. The molecular formula is C27H29N7O2. The number of nitrogens with zero attached hydrogens (tertiary/aromatic N) is 2. The van der Waals surface area contributed by atoms with Crippen LogP contribution in [-0.4, -0.2) is 52.9 Å². The Morgan fingerprint density at radius 1 is 0.861 bits per heavy atom. The molecule has 2 heterocycles. The van der Waals surface area contributed by atoms with Crippen LogP contribution in [0, 0.1) is 0 Å². The Hall–Kier alpha value is -4.66. The monoisotopic (exact) mass is 483 g/mol. The summed E-state index contributed by atoms with van der Waals surface area (Å²) >= 11 is 0. The number of carbonyl (C=O) groups is 2. The van der Waals surface area contributed by atoms with Gasteiger partial charge in [0, 0.05) is 67.9 Å². The first-order valence-electron chi connectivity index (χ1n) is 11.8. The molecule has 0 saturated carbocycles. The van der Waals surface area contributed by atoms with Crippen LogP contribution in [0.1, 0.15) is 12.5 Å². The molecule has 9 nitrogen and oxygen atoms in total. The minimum Gasteiger partial charge on any atom is -0.368 e. The summed E-state index contributed by atoms with van der Waals surface area (Å²) in [5.74, 6) is 1.60. The van der Waals surface area contributed by atoms with E-state index in [1.807, 2.05) is 60.8 Å². The SMILES string of the molecule is CC(=O)NCCNc1cc(NCCNC(=O)C=Cc2c[nH]c3ccccc23)nc(-c2ccccc2)n1. The Balaban J connectivity index is 1.32. The van der Waals surface area contributed by atoms with Crippen LogP contribution in [0.25, 0.3) is 28.4 Å². The van der Waals surface area contributed by atoms with E-state index in [1.54, 1.807) is 12.1 Å². The molecule has 0 aliphatic carbocycles. The van der Waals surface area contributed by atoms with Crippen molar-refractivity contribution in [3.05, 3.63) is 78.5 Å². The van der Waals surface area contributed by atoms with Crippen molar-refractivity contribution >= 4 is 40.4 Å². The van der Waals surface area contributed by atoms with Gasteiger partial charge in [-0.1, -0.05) is 48.5 Å². The Labute approximate surface area is 209 Å². The lowest BCUT2D eigenvalue weighted by molar-refractivity contribution is -0.119. The van der Waals surface area contributed by atoms with Crippen LogP contribution in [0.2, 0.25) is 0 Å². The number of fused-ring (bicyclic) bond motifs is 1. The van der Waals surface area contributed by atoms with Crippen LogP contribution in [0.3, 0.4) is 0 Å². The zero-order valence-electron chi connectivity index (χ0n) is 20.0. The summed E-state index contributed by atoms with van der Waals surface area (Å²) in [5.41, 5.74) is 2.89. The van der Waals surface area contributed by atoms with Gasteiger partial charge in [-0.15, -0.1) is 0 Å². The third kappa shape index (κ3) is 6.92. The lowest BCUT2D eigenvalue weighted by atomic mass is 10.1. The lowest BCUT2D eigenvalue weighted by Gasteiger charge is -2.12. The fourth-order valence-electron chi connectivity index (χ4n) is 3.61. The zero-order valence-corrected chi connectivity index (χ0v) is 20.0. The maximum atomic E-state index is 12.3. The van der Waals surface area contributed by atoms with Gasteiger partial charge in [-0.3, -0.25) is 9.59 Å². The Morgan fingerprint density at radius 2 is 1.53 bits per heavy atom. The summed E-state index contributed by atoms with van der Waals surface area (Å²) in [7, 11) is 0. The molecule has 2 amide bonds. The number of aromatic nitrogens is 3. The number of hydrogen-bond donors (Lipinski definition) is 5. The maximum Gasteiger partial charge on any atom is 0.244 e. The second-order valence-corrected chi connectivity index (χ2v) is 8.08. The fraction of sp³-hybridized carbons (Fsp3) is 0.185. The lowest BCUT2D eigenvalue weighted by Crippen LogP contribution is -2.27. The van der Waals surface area contributed by atoms with E-state index in [2.05, 4.69) is 36.2 Å². The molecule has 9 heteroatoms. The highest BCUT2D eigenvalue weighted by atomic mass is 16.2. The highest BCUT2D eigenvalue weighted by Gasteiger charge is 2.07. The minimum atomic E-state index is -0.171. The molecule has 0 atom stereocenters. The molecule has 5 N–H and O–H groups in total. The predicted molar refractivity (Wildman–Crippen MR) is 143 cm³/mol. The Bertz CT molecular complexity index is 1350. The van der Waals surface area contributed by atoms with Gasteiger partial charge < -0.3 is 26.3 Å². The van der Waals surface area contributed by atoms with E-state index in [1.165, 1.54) is 13.0 Å². The number of amides is 2. The van der Waals surface area contributed by atoms with Gasteiger partial charge in [-0.05, 0) is 17.7 Å². The van der Waals surface area contributed by atoms with Crippen molar-refractivity contribution in [3.8, 4) is 11.4 Å². The molecule has 36 heavy (non-hydrogen) atoms. The number of benzene rings is 2. The second kappa shape index (κ2) is 12.2. The summed E-state index contributed by atoms with van der Waals surface area (Å²) in [5, 5.41) is 13.2. The molecule has 4 rings (SSSR count). The maximum absolute atomic E-state index is 12.3. The molecular weight excluding hydrogens is 454 g/mol. The van der Waals surface area contributed by atoms with Crippen LogP contribution >= 0.6 is 0 Å². The first-order valence-corrected chi connectivity index (χ1v) is 11.8. The van der Waals surface area contributed by atoms with Gasteiger partial charge in [-0.2, -0.15) is 0 Å². The molecule has 0 bridgehead atoms. The van der Waals surface area contributed by atoms with E-state index in [-0.39, 0.29) is 11.8 Å². The molecule has 0 spiro atoms. The normalized spacial score (nSPS) is 10.9. The van der Waals surface area contributed by atoms with Gasteiger partial charge >= 0.3 is 0 Å². The van der Waals surface area contributed by atoms with Crippen molar-refractivity contribution in [3.63, 3.8) is 0 Å². The van der Waals surface area contributed by atoms with Crippen molar-refractivity contribution in [1.82, 2.24) is 25.6 Å². The van der Waals surface area contributed by atoms with E-state index >= 15 is 0 Å².